The molecule has 0 unspecified atom stereocenters. The minimum Gasteiger partial charge on any atom is -0.493 e. The average Bonchev–Trinajstić information content (AvgIpc) is 2.41. The fraction of sp³-hybridized carbons (Fsp3) is 0.571. The Morgan fingerprint density at radius 3 is 2.53 bits per heavy atom. The molecule has 0 radical (unpaired) electrons. The molecule has 5 nitrogen and oxygen atoms in total. The molecule has 2 rings (SSSR count). The zero-order chi connectivity index (χ0) is 13.7. The molecular weight excluding hydrogens is 244 g/mol. The molecule has 5 heteroatoms. The van der Waals surface area contributed by atoms with Crippen LogP contribution in [0.25, 0.3) is 0 Å². The summed E-state index contributed by atoms with van der Waals surface area (Å²) in [4.78, 5) is 0. The topological polar surface area (TPSA) is 65.7 Å². The number of nitrogens with one attached hydrogen (secondary N) is 1. The first-order valence-corrected chi connectivity index (χ1v) is 6.42. The third-order valence-electron chi connectivity index (χ3n) is 3.53. The lowest BCUT2D eigenvalue weighted by molar-refractivity contribution is -0.105. The molecule has 1 aliphatic rings. The maximum Gasteiger partial charge on any atom is 0.161 e. The number of ether oxygens (including phenoxy) is 3. The number of methoxy groups -OCH3 is 2. The molecule has 1 heterocycles. The Balaban J connectivity index is 1.89. The first kappa shape index (κ1) is 14.1. The Bertz CT molecular complexity index is 414. The molecule has 0 bridgehead atoms. The standard InChI is InChI=1S/C14H22N2O3/c1-17-12-4-3-11(5-13(12)18-2)6-16-8-14(7-15)9-19-10-14/h3-5,16H,6-10,15H2,1-2H3. The molecule has 1 aliphatic heterocycles. The molecule has 1 aromatic rings. The summed E-state index contributed by atoms with van der Waals surface area (Å²) in [5, 5.41) is 3.43. The average molecular weight is 266 g/mol. The van der Waals surface area contributed by atoms with Gasteiger partial charge in [0.2, 0.25) is 0 Å². The molecule has 0 aliphatic carbocycles. The molecular formula is C14H22N2O3. The van der Waals surface area contributed by atoms with E-state index in [2.05, 4.69) is 5.32 Å². The van der Waals surface area contributed by atoms with Crippen LogP contribution in [0.4, 0.5) is 0 Å². The smallest absolute Gasteiger partial charge is 0.161 e. The third-order valence-corrected chi connectivity index (χ3v) is 3.53. The van der Waals surface area contributed by atoms with Gasteiger partial charge in [-0.05, 0) is 17.7 Å². The van der Waals surface area contributed by atoms with Crippen molar-refractivity contribution in [1.82, 2.24) is 5.32 Å². The van der Waals surface area contributed by atoms with Gasteiger partial charge in [0.1, 0.15) is 0 Å². The van der Waals surface area contributed by atoms with E-state index < -0.39 is 0 Å². The van der Waals surface area contributed by atoms with E-state index >= 15 is 0 Å². The van der Waals surface area contributed by atoms with Gasteiger partial charge in [0.25, 0.3) is 0 Å². The normalized spacial score (nSPS) is 16.8. The van der Waals surface area contributed by atoms with Gasteiger partial charge in [-0.15, -0.1) is 0 Å². The zero-order valence-corrected chi connectivity index (χ0v) is 11.6. The maximum absolute atomic E-state index is 5.78. The molecule has 0 amide bonds. The highest BCUT2D eigenvalue weighted by Crippen LogP contribution is 2.28. The van der Waals surface area contributed by atoms with E-state index in [1.54, 1.807) is 14.2 Å². The van der Waals surface area contributed by atoms with E-state index in [0.29, 0.717) is 6.54 Å². The highest BCUT2D eigenvalue weighted by Gasteiger charge is 2.36. The first-order valence-electron chi connectivity index (χ1n) is 6.42. The fourth-order valence-corrected chi connectivity index (χ4v) is 2.15. The molecule has 1 fully saturated rings. The van der Waals surface area contributed by atoms with Crippen molar-refractivity contribution >= 4 is 0 Å². The summed E-state index contributed by atoms with van der Waals surface area (Å²) in [6.07, 6.45) is 0. The van der Waals surface area contributed by atoms with E-state index in [0.717, 1.165) is 43.4 Å². The van der Waals surface area contributed by atoms with Crippen LogP contribution >= 0.6 is 0 Å². The first-order chi connectivity index (χ1) is 9.23. The Hall–Kier alpha value is -1.30. The van der Waals surface area contributed by atoms with Crippen LogP contribution in [0.1, 0.15) is 5.56 Å². The van der Waals surface area contributed by atoms with Crippen LogP contribution < -0.4 is 20.5 Å². The summed E-state index contributed by atoms with van der Waals surface area (Å²) in [5.74, 6) is 1.50. The van der Waals surface area contributed by atoms with E-state index in [1.165, 1.54) is 0 Å². The van der Waals surface area contributed by atoms with Gasteiger partial charge < -0.3 is 25.3 Å². The second-order valence-corrected chi connectivity index (χ2v) is 4.99. The van der Waals surface area contributed by atoms with Crippen LogP contribution in [0.15, 0.2) is 18.2 Å². The van der Waals surface area contributed by atoms with Crippen molar-refractivity contribution in [3.8, 4) is 11.5 Å². The van der Waals surface area contributed by atoms with Crippen LogP contribution in [-0.4, -0.2) is 40.5 Å². The van der Waals surface area contributed by atoms with Crippen molar-refractivity contribution in [2.75, 3.05) is 40.5 Å². The molecule has 106 valence electrons. The Morgan fingerprint density at radius 2 is 2.00 bits per heavy atom. The number of rotatable bonds is 7. The highest BCUT2D eigenvalue weighted by molar-refractivity contribution is 5.42. The van der Waals surface area contributed by atoms with Crippen molar-refractivity contribution in [3.05, 3.63) is 23.8 Å². The SMILES string of the molecule is COc1ccc(CNCC2(CN)COC2)cc1OC. The molecule has 19 heavy (non-hydrogen) atoms. The van der Waals surface area contributed by atoms with Gasteiger partial charge >= 0.3 is 0 Å². The summed E-state index contributed by atoms with van der Waals surface area (Å²) in [6.45, 7) is 3.82. The quantitative estimate of drug-likeness (QED) is 0.763. The third kappa shape index (κ3) is 3.18. The molecule has 0 spiro atoms. The van der Waals surface area contributed by atoms with Gasteiger partial charge in [-0.3, -0.25) is 0 Å². The number of hydrogen-bond acceptors (Lipinski definition) is 5. The van der Waals surface area contributed by atoms with E-state index in [-0.39, 0.29) is 5.41 Å². The minimum absolute atomic E-state index is 0.122. The van der Waals surface area contributed by atoms with Gasteiger partial charge in [0.05, 0.1) is 27.4 Å². The van der Waals surface area contributed by atoms with Crippen molar-refractivity contribution in [2.45, 2.75) is 6.54 Å². The second kappa shape index (κ2) is 6.23. The van der Waals surface area contributed by atoms with Gasteiger partial charge in [-0.1, -0.05) is 6.07 Å². The van der Waals surface area contributed by atoms with Crippen LogP contribution in [0.5, 0.6) is 11.5 Å². The summed E-state index contributed by atoms with van der Waals surface area (Å²) in [6, 6.07) is 5.93. The number of hydrogen-bond donors (Lipinski definition) is 2. The van der Waals surface area contributed by atoms with Gasteiger partial charge in [-0.2, -0.15) is 0 Å². The monoisotopic (exact) mass is 266 g/mol. The van der Waals surface area contributed by atoms with Crippen LogP contribution in [0.2, 0.25) is 0 Å². The van der Waals surface area contributed by atoms with E-state index in [4.69, 9.17) is 19.9 Å². The largest absolute Gasteiger partial charge is 0.493 e. The van der Waals surface area contributed by atoms with Crippen LogP contribution in [-0.2, 0) is 11.3 Å². The van der Waals surface area contributed by atoms with Gasteiger partial charge in [-0.25, -0.2) is 0 Å². The Labute approximate surface area is 114 Å². The predicted octanol–water partition coefficient (Wildman–Crippen LogP) is 0.769. The highest BCUT2D eigenvalue weighted by atomic mass is 16.5. The molecule has 1 aromatic carbocycles. The summed E-state index contributed by atoms with van der Waals surface area (Å²) in [5.41, 5.74) is 7.05. The molecule has 3 N–H and O–H groups in total. The summed E-state index contributed by atoms with van der Waals surface area (Å²) in [7, 11) is 3.28. The number of nitrogens with two attached hydrogens (primary N) is 1. The van der Waals surface area contributed by atoms with Crippen molar-refractivity contribution in [1.29, 1.82) is 0 Å². The summed E-state index contributed by atoms with van der Waals surface area (Å²) >= 11 is 0. The summed E-state index contributed by atoms with van der Waals surface area (Å²) < 4.78 is 15.7. The molecule has 0 aromatic heterocycles. The predicted molar refractivity (Wildman–Crippen MR) is 73.6 cm³/mol. The Morgan fingerprint density at radius 1 is 1.26 bits per heavy atom. The second-order valence-electron chi connectivity index (χ2n) is 4.99. The zero-order valence-electron chi connectivity index (χ0n) is 11.6. The maximum atomic E-state index is 5.78. The lowest BCUT2D eigenvalue weighted by Gasteiger charge is -2.40. The Kier molecular flexibility index (Phi) is 4.63. The van der Waals surface area contributed by atoms with Crippen molar-refractivity contribution in [2.24, 2.45) is 11.1 Å². The van der Waals surface area contributed by atoms with Crippen LogP contribution in [0, 0.1) is 5.41 Å². The molecule has 0 atom stereocenters. The fourth-order valence-electron chi connectivity index (χ4n) is 2.15. The minimum atomic E-state index is 0.122. The lowest BCUT2D eigenvalue weighted by Crippen LogP contribution is -2.54. The molecule has 1 saturated heterocycles. The van der Waals surface area contributed by atoms with Crippen molar-refractivity contribution < 1.29 is 14.2 Å². The van der Waals surface area contributed by atoms with Gasteiger partial charge in [0, 0.05) is 25.0 Å². The van der Waals surface area contributed by atoms with E-state index in [1.807, 2.05) is 18.2 Å². The van der Waals surface area contributed by atoms with Gasteiger partial charge in [0.15, 0.2) is 11.5 Å². The number of benzene rings is 1. The van der Waals surface area contributed by atoms with Crippen LogP contribution in [0.3, 0.4) is 0 Å². The van der Waals surface area contributed by atoms with E-state index in [9.17, 15) is 0 Å². The van der Waals surface area contributed by atoms with Crippen molar-refractivity contribution in [3.63, 3.8) is 0 Å². The lowest BCUT2D eigenvalue weighted by atomic mass is 9.86. The molecule has 0 saturated carbocycles.